The SMILES string of the molecule is O=P([O-])(Br)Br.[K+]. The van der Waals surface area contributed by atoms with Crippen molar-refractivity contribution in [2.75, 3.05) is 0 Å². The molecule has 0 atom stereocenters. The molecule has 0 saturated heterocycles. The van der Waals surface area contributed by atoms with Crippen LogP contribution in [0.1, 0.15) is 0 Å². The number of hydrogen-bond donors (Lipinski definition) is 0. The summed E-state index contributed by atoms with van der Waals surface area (Å²) in [6.45, 7) is 0. The summed E-state index contributed by atoms with van der Waals surface area (Å²) in [5.74, 6) is 0. The van der Waals surface area contributed by atoms with Gasteiger partial charge in [-0.15, -0.1) is 0 Å². The van der Waals surface area contributed by atoms with Gasteiger partial charge >= 0.3 is 51.4 Å². The number of rotatable bonds is 0. The van der Waals surface area contributed by atoms with Crippen LogP contribution in [0.15, 0.2) is 0 Å². The normalized spacial score (nSPS) is 9.83. The van der Waals surface area contributed by atoms with Crippen molar-refractivity contribution in [1.29, 1.82) is 0 Å². The molecule has 0 fully saturated rings. The van der Waals surface area contributed by atoms with Crippen LogP contribution in [0.3, 0.4) is 0 Å². The summed E-state index contributed by atoms with van der Waals surface area (Å²) in [5.41, 5.74) is 0. The zero-order valence-corrected chi connectivity index (χ0v) is 10.2. The van der Waals surface area contributed by atoms with Crippen LogP contribution < -0.4 is 56.3 Å². The Hall–Kier alpha value is 2.79. The Labute approximate surface area is 94.4 Å². The van der Waals surface area contributed by atoms with Crippen LogP contribution in [0.2, 0.25) is 0 Å². The van der Waals surface area contributed by atoms with E-state index in [9.17, 15) is 9.46 Å². The van der Waals surface area contributed by atoms with Crippen molar-refractivity contribution in [2.45, 2.75) is 0 Å². The van der Waals surface area contributed by atoms with Crippen molar-refractivity contribution >= 4 is 35.8 Å². The third-order valence-electron chi connectivity index (χ3n) is 0. The van der Waals surface area contributed by atoms with Gasteiger partial charge in [-0.25, -0.2) is 0 Å². The van der Waals surface area contributed by atoms with Crippen LogP contribution in [0.5, 0.6) is 0 Å². The maximum atomic E-state index is 9.49. The third kappa shape index (κ3) is 29.3. The van der Waals surface area contributed by atoms with E-state index in [0.717, 1.165) is 0 Å². The maximum Gasteiger partial charge on any atom is 1.00 e. The minimum atomic E-state index is -3.26. The van der Waals surface area contributed by atoms with E-state index in [1.807, 2.05) is 0 Å². The van der Waals surface area contributed by atoms with Gasteiger partial charge in [-0.1, -0.05) is 0 Å². The van der Waals surface area contributed by atoms with Gasteiger partial charge in [0.05, 0.1) is 0 Å². The fraction of sp³-hybridized carbons (Fsp3) is 0. The molecule has 0 heterocycles. The van der Waals surface area contributed by atoms with E-state index in [2.05, 4.69) is 31.0 Å². The Balaban J connectivity index is 0. The molecule has 0 spiro atoms. The average molecular weight is 262 g/mol. The zero-order valence-electron chi connectivity index (χ0n) is 3.02. The molecule has 0 saturated carbocycles. The Bertz CT molecular complexity index is 57.7. The van der Waals surface area contributed by atoms with E-state index >= 15 is 0 Å². The van der Waals surface area contributed by atoms with Gasteiger partial charge in [0.15, 0.2) is 0 Å². The molecule has 0 unspecified atom stereocenters. The second-order valence-corrected chi connectivity index (χ2v) is 9.70. The molecule has 0 bridgehead atoms. The van der Waals surface area contributed by atoms with Crippen molar-refractivity contribution < 1.29 is 60.8 Å². The summed E-state index contributed by atoms with van der Waals surface area (Å²) in [6.07, 6.45) is 0. The fourth-order valence-electron chi connectivity index (χ4n) is 0. The van der Waals surface area contributed by atoms with E-state index in [-0.39, 0.29) is 51.4 Å². The predicted octanol–water partition coefficient (Wildman–Crippen LogP) is -1.75. The van der Waals surface area contributed by atoms with Crippen LogP contribution in [-0.2, 0) is 4.57 Å². The van der Waals surface area contributed by atoms with Crippen LogP contribution in [0.4, 0.5) is 0 Å². The molecule has 0 aromatic carbocycles. The average Bonchev–Trinajstić information content (AvgIpc) is 0.722. The molecule has 6 heavy (non-hydrogen) atoms. The predicted molar refractivity (Wildman–Crippen MR) is 25.5 cm³/mol. The molecule has 0 aromatic heterocycles. The molecule has 32 valence electrons. The van der Waals surface area contributed by atoms with Gasteiger partial charge in [0.1, 0.15) is 4.77 Å². The second kappa shape index (κ2) is 4.65. The van der Waals surface area contributed by atoms with Gasteiger partial charge in [0, 0.05) is 0 Å². The summed E-state index contributed by atoms with van der Waals surface area (Å²) >= 11 is 4.58. The molecule has 0 aliphatic rings. The van der Waals surface area contributed by atoms with E-state index in [4.69, 9.17) is 0 Å². The van der Waals surface area contributed by atoms with E-state index in [1.165, 1.54) is 0 Å². The molecular formula is Br2KO2P. The molecule has 0 N–H and O–H groups in total. The van der Waals surface area contributed by atoms with Crippen molar-refractivity contribution in [1.82, 2.24) is 0 Å². The van der Waals surface area contributed by atoms with E-state index in [1.54, 1.807) is 0 Å². The van der Waals surface area contributed by atoms with Gasteiger partial charge in [-0.05, 0) is 31.0 Å². The minimum Gasteiger partial charge on any atom is -0.783 e. The zero-order chi connectivity index (χ0) is 4.50. The Morgan fingerprint density at radius 2 is 1.50 bits per heavy atom. The summed E-state index contributed by atoms with van der Waals surface area (Å²) in [7, 11) is 0. The largest absolute Gasteiger partial charge is 1.00 e. The first kappa shape index (κ1) is 11.6. The first-order chi connectivity index (χ1) is 2.00. The number of hydrogen-bond acceptors (Lipinski definition) is 2. The monoisotopic (exact) mass is 260 g/mol. The molecule has 2 nitrogen and oxygen atoms in total. The van der Waals surface area contributed by atoms with Crippen LogP contribution >= 0.6 is 35.8 Å². The molecular weight excluding hydrogens is 262 g/mol. The van der Waals surface area contributed by atoms with Crippen molar-refractivity contribution in [3.05, 3.63) is 0 Å². The molecule has 0 amide bonds. The Morgan fingerprint density at radius 1 is 1.50 bits per heavy atom. The van der Waals surface area contributed by atoms with Gasteiger partial charge in [-0.3, -0.25) is 0 Å². The van der Waals surface area contributed by atoms with Crippen molar-refractivity contribution in [2.24, 2.45) is 0 Å². The van der Waals surface area contributed by atoms with Crippen LogP contribution in [0.25, 0.3) is 0 Å². The van der Waals surface area contributed by atoms with E-state index < -0.39 is 4.77 Å². The molecule has 0 rings (SSSR count). The summed E-state index contributed by atoms with van der Waals surface area (Å²) < 4.78 is 6.23. The van der Waals surface area contributed by atoms with E-state index in [0.29, 0.717) is 0 Å². The maximum absolute atomic E-state index is 9.49. The fourth-order valence-corrected chi connectivity index (χ4v) is 0. The standard InChI is InChI=1S/Br2HO2P.K/c1-5(2,3)4;/h(H,3,4);/q;+1/p-1. The van der Waals surface area contributed by atoms with Gasteiger partial charge in [0.2, 0.25) is 0 Å². The molecule has 0 radical (unpaired) electrons. The van der Waals surface area contributed by atoms with Crippen LogP contribution in [-0.4, -0.2) is 0 Å². The Morgan fingerprint density at radius 3 is 1.50 bits per heavy atom. The third-order valence-corrected chi connectivity index (χ3v) is 0. The van der Waals surface area contributed by atoms with Crippen molar-refractivity contribution in [3.8, 4) is 0 Å². The first-order valence-electron chi connectivity index (χ1n) is 0.703. The number of halogens is 2. The molecule has 0 aliphatic heterocycles. The van der Waals surface area contributed by atoms with Gasteiger partial charge in [-0.2, -0.15) is 0 Å². The summed E-state index contributed by atoms with van der Waals surface area (Å²) in [5, 5.41) is 0. The Kier molecular flexibility index (Phi) is 8.95. The second-order valence-electron chi connectivity index (χ2n) is 0.414. The quantitative estimate of drug-likeness (QED) is 0.383. The molecule has 6 heteroatoms. The molecule has 0 aliphatic carbocycles. The first-order valence-corrected chi connectivity index (χ1v) is 6.37. The van der Waals surface area contributed by atoms with Gasteiger partial charge < -0.3 is 9.46 Å². The molecule has 0 aromatic rings. The minimum absolute atomic E-state index is 0. The van der Waals surface area contributed by atoms with Gasteiger partial charge in [0.25, 0.3) is 0 Å². The summed E-state index contributed by atoms with van der Waals surface area (Å²) in [6, 6.07) is 0. The van der Waals surface area contributed by atoms with Crippen LogP contribution in [0, 0.1) is 0 Å². The topological polar surface area (TPSA) is 40.1 Å². The smallest absolute Gasteiger partial charge is 0.783 e. The summed E-state index contributed by atoms with van der Waals surface area (Å²) in [4.78, 5) is 9.49. The van der Waals surface area contributed by atoms with Crippen molar-refractivity contribution in [3.63, 3.8) is 0 Å².